The Balaban J connectivity index is 3.32. The zero-order chi connectivity index (χ0) is 15.6. The average molecular weight is 290 g/mol. The van der Waals surface area contributed by atoms with Crippen molar-refractivity contribution in [1.29, 1.82) is 0 Å². The van der Waals surface area contributed by atoms with E-state index in [1.165, 1.54) is 25.7 Å². The summed E-state index contributed by atoms with van der Waals surface area (Å²) in [7, 11) is 0. The summed E-state index contributed by atoms with van der Waals surface area (Å²) in [4.78, 5) is 11.1. The van der Waals surface area contributed by atoms with E-state index in [9.17, 15) is 4.79 Å². The molecule has 0 heterocycles. The van der Waals surface area contributed by atoms with Gasteiger partial charge < -0.3 is 0 Å². The Morgan fingerprint density at radius 2 is 1.14 bits per heavy atom. The molecule has 1 heteroatoms. The van der Waals surface area contributed by atoms with Gasteiger partial charge >= 0.3 is 0 Å². The molecule has 0 spiro atoms. The summed E-state index contributed by atoms with van der Waals surface area (Å²) < 4.78 is 0. The third-order valence-corrected chi connectivity index (χ3v) is 3.46. The van der Waals surface area contributed by atoms with E-state index in [0.717, 1.165) is 32.1 Å². The van der Waals surface area contributed by atoms with Gasteiger partial charge in [-0.05, 0) is 44.9 Å². The van der Waals surface area contributed by atoms with Crippen LogP contribution in [-0.4, -0.2) is 5.78 Å². The second-order valence-electron chi connectivity index (χ2n) is 5.50. The highest BCUT2D eigenvalue weighted by molar-refractivity contribution is 5.78. The Morgan fingerprint density at radius 1 is 0.667 bits per heavy atom. The number of carbonyl (C=O) groups is 1. The lowest BCUT2D eigenvalue weighted by Gasteiger charge is -1.92. The fourth-order valence-corrected chi connectivity index (χ4v) is 2.03. The first-order chi connectivity index (χ1) is 10.3. The van der Waals surface area contributed by atoms with Crippen molar-refractivity contribution in [2.45, 2.75) is 84.5 Å². The lowest BCUT2D eigenvalue weighted by atomic mass is 10.1. The van der Waals surface area contributed by atoms with E-state index in [2.05, 4.69) is 43.4 Å². The molecule has 0 saturated heterocycles. The SMILES string of the molecule is CCCCCC=CCCC=CCCC=CCCC(=O)CC. The number of unbranched alkanes of at least 4 members (excludes halogenated alkanes) is 5. The Hall–Kier alpha value is -1.11. The van der Waals surface area contributed by atoms with Crippen LogP contribution >= 0.6 is 0 Å². The van der Waals surface area contributed by atoms with Crippen molar-refractivity contribution in [2.24, 2.45) is 0 Å². The van der Waals surface area contributed by atoms with Crippen LogP contribution in [0, 0.1) is 0 Å². The molecule has 0 fully saturated rings. The Morgan fingerprint density at radius 3 is 1.62 bits per heavy atom. The number of Topliss-reactive ketones (excluding diaryl/α,β-unsaturated/α-hetero) is 1. The monoisotopic (exact) mass is 290 g/mol. The van der Waals surface area contributed by atoms with Crippen molar-refractivity contribution in [3.8, 4) is 0 Å². The van der Waals surface area contributed by atoms with Gasteiger partial charge in [-0.25, -0.2) is 0 Å². The molecule has 0 bridgehead atoms. The number of ketones is 1. The maximum absolute atomic E-state index is 11.1. The molecule has 0 aromatic rings. The van der Waals surface area contributed by atoms with Crippen LogP contribution in [0.25, 0.3) is 0 Å². The summed E-state index contributed by atoms with van der Waals surface area (Å²) in [6, 6.07) is 0. The minimum Gasteiger partial charge on any atom is -0.300 e. The lowest BCUT2D eigenvalue weighted by Crippen LogP contribution is -1.92. The zero-order valence-corrected chi connectivity index (χ0v) is 14.2. The molecule has 0 saturated carbocycles. The van der Waals surface area contributed by atoms with Crippen molar-refractivity contribution >= 4 is 5.78 Å². The first kappa shape index (κ1) is 19.9. The lowest BCUT2D eigenvalue weighted by molar-refractivity contribution is -0.118. The zero-order valence-electron chi connectivity index (χ0n) is 14.2. The van der Waals surface area contributed by atoms with E-state index in [-0.39, 0.29) is 0 Å². The molecular formula is C20H34O. The molecular weight excluding hydrogens is 256 g/mol. The number of allylic oxidation sites excluding steroid dienone is 6. The predicted molar refractivity (Wildman–Crippen MR) is 94.6 cm³/mol. The van der Waals surface area contributed by atoms with Crippen LogP contribution in [0.1, 0.15) is 84.5 Å². The van der Waals surface area contributed by atoms with Gasteiger partial charge in [-0.2, -0.15) is 0 Å². The van der Waals surface area contributed by atoms with Gasteiger partial charge in [-0.15, -0.1) is 0 Å². The smallest absolute Gasteiger partial charge is 0.132 e. The fraction of sp³-hybridized carbons (Fsp3) is 0.650. The summed E-state index contributed by atoms with van der Waals surface area (Å²) in [5.41, 5.74) is 0. The third kappa shape index (κ3) is 16.8. The number of rotatable bonds is 14. The molecule has 0 aromatic carbocycles. The van der Waals surface area contributed by atoms with E-state index in [0.29, 0.717) is 18.6 Å². The van der Waals surface area contributed by atoms with E-state index in [4.69, 9.17) is 0 Å². The molecule has 0 aliphatic rings. The van der Waals surface area contributed by atoms with Crippen molar-refractivity contribution in [3.05, 3.63) is 36.5 Å². The topological polar surface area (TPSA) is 17.1 Å². The molecule has 0 amide bonds. The maximum atomic E-state index is 11.1. The van der Waals surface area contributed by atoms with Gasteiger partial charge in [0.2, 0.25) is 0 Å². The molecule has 0 aromatic heterocycles. The predicted octanol–water partition coefficient (Wildman–Crippen LogP) is 6.56. The Kier molecular flexibility index (Phi) is 16.0. The van der Waals surface area contributed by atoms with Crippen molar-refractivity contribution in [2.75, 3.05) is 0 Å². The van der Waals surface area contributed by atoms with Gasteiger partial charge in [0.25, 0.3) is 0 Å². The standard InChI is InChI=1S/C20H34O/c1-3-5-6-7-8-9-10-11-12-13-14-15-16-17-18-19-20(21)4-2/h8-9,12-13,16-17H,3-7,10-11,14-15,18-19H2,1-2H3. The Labute approximate surface area is 132 Å². The van der Waals surface area contributed by atoms with Crippen molar-refractivity contribution in [3.63, 3.8) is 0 Å². The summed E-state index contributed by atoms with van der Waals surface area (Å²) in [5.74, 6) is 0.363. The summed E-state index contributed by atoms with van der Waals surface area (Å²) in [6.45, 7) is 4.17. The number of carbonyl (C=O) groups excluding carboxylic acids is 1. The second kappa shape index (κ2) is 16.9. The minimum atomic E-state index is 0.363. The van der Waals surface area contributed by atoms with Crippen LogP contribution in [0.2, 0.25) is 0 Å². The van der Waals surface area contributed by atoms with Crippen LogP contribution in [0.15, 0.2) is 36.5 Å². The van der Waals surface area contributed by atoms with Gasteiger partial charge in [0, 0.05) is 12.8 Å². The normalized spacial score (nSPS) is 12.1. The highest BCUT2D eigenvalue weighted by Gasteiger charge is 1.93. The molecule has 0 radical (unpaired) electrons. The van der Waals surface area contributed by atoms with Crippen LogP contribution in [0.4, 0.5) is 0 Å². The molecule has 1 nitrogen and oxygen atoms in total. The van der Waals surface area contributed by atoms with Gasteiger partial charge in [0.15, 0.2) is 0 Å². The average Bonchev–Trinajstić information content (AvgIpc) is 2.50. The van der Waals surface area contributed by atoms with Gasteiger partial charge in [0.1, 0.15) is 5.78 Å². The van der Waals surface area contributed by atoms with E-state index < -0.39 is 0 Å². The van der Waals surface area contributed by atoms with Gasteiger partial charge in [-0.1, -0.05) is 63.1 Å². The van der Waals surface area contributed by atoms with E-state index in [1.807, 2.05) is 6.92 Å². The van der Waals surface area contributed by atoms with E-state index >= 15 is 0 Å². The molecule has 21 heavy (non-hydrogen) atoms. The molecule has 0 unspecified atom stereocenters. The summed E-state index contributed by atoms with van der Waals surface area (Å²) in [5, 5.41) is 0. The maximum Gasteiger partial charge on any atom is 0.132 e. The van der Waals surface area contributed by atoms with E-state index in [1.54, 1.807) is 0 Å². The van der Waals surface area contributed by atoms with Crippen molar-refractivity contribution < 1.29 is 4.79 Å². The number of hydrogen-bond donors (Lipinski definition) is 0. The first-order valence-corrected chi connectivity index (χ1v) is 8.77. The molecule has 0 N–H and O–H groups in total. The first-order valence-electron chi connectivity index (χ1n) is 8.77. The fourth-order valence-electron chi connectivity index (χ4n) is 2.03. The summed E-state index contributed by atoms with van der Waals surface area (Å²) >= 11 is 0. The van der Waals surface area contributed by atoms with Gasteiger partial charge in [0.05, 0.1) is 0 Å². The molecule has 0 aliphatic carbocycles. The van der Waals surface area contributed by atoms with Crippen LogP contribution in [0.5, 0.6) is 0 Å². The highest BCUT2D eigenvalue weighted by Crippen LogP contribution is 2.03. The third-order valence-electron chi connectivity index (χ3n) is 3.46. The quantitative estimate of drug-likeness (QED) is 0.262. The van der Waals surface area contributed by atoms with Gasteiger partial charge in [-0.3, -0.25) is 4.79 Å². The summed E-state index contributed by atoms with van der Waals surface area (Å²) in [6.07, 6.45) is 25.5. The molecule has 0 aliphatic heterocycles. The largest absolute Gasteiger partial charge is 0.300 e. The van der Waals surface area contributed by atoms with Crippen LogP contribution in [0.3, 0.4) is 0 Å². The Bertz CT molecular complexity index is 310. The molecule has 120 valence electrons. The second-order valence-corrected chi connectivity index (χ2v) is 5.50. The number of hydrogen-bond acceptors (Lipinski definition) is 1. The van der Waals surface area contributed by atoms with Crippen molar-refractivity contribution in [1.82, 2.24) is 0 Å². The molecule has 0 atom stereocenters. The van der Waals surface area contributed by atoms with Crippen LogP contribution < -0.4 is 0 Å². The molecule has 0 rings (SSSR count). The van der Waals surface area contributed by atoms with Crippen LogP contribution in [-0.2, 0) is 4.79 Å². The minimum absolute atomic E-state index is 0.363. The highest BCUT2D eigenvalue weighted by atomic mass is 16.1.